The van der Waals surface area contributed by atoms with Gasteiger partial charge in [-0.05, 0) is 17.2 Å². The Hall–Kier alpha value is -2.99. The van der Waals surface area contributed by atoms with Crippen molar-refractivity contribution >= 4 is 16.7 Å². The number of ether oxygens (including phenoxy) is 1. The van der Waals surface area contributed by atoms with E-state index in [1.807, 2.05) is 30.3 Å². The molecule has 128 valence electrons. The molecule has 3 rings (SSSR count). The summed E-state index contributed by atoms with van der Waals surface area (Å²) in [6.07, 6.45) is 0.110. The monoisotopic (exact) mass is 337 g/mol. The average Bonchev–Trinajstić information content (AvgIpc) is 2.64. The Morgan fingerprint density at radius 1 is 1.08 bits per heavy atom. The number of aromatic amines is 1. The van der Waals surface area contributed by atoms with Gasteiger partial charge in [0.25, 0.3) is 5.56 Å². The molecule has 0 aliphatic carbocycles. The van der Waals surface area contributed by atoms with E-state index in [1.165, 1.54) is 0 Å². The summed E-state index contributed by atoms with van der Waals surface area (Å²) in [4.78, 5) is 24.0. The molecule has 0 fully saturated rings. The third kappa shape index (κ3) is 4.10. The van der Waals surface area contributed by atoms with E-state index in [0.717, 1.165) is 11.1 Å². The highest BCUT2D eigenvalue weighted by Gasteiger charge is 2.10. The molecule has 0 saturated heterocycles. The van der Waals surface area contributed by atoms with Crippen LogP contribution < -0.4 is 10.9 Å². The van der Waals surface area contributed by atoms with Crippen molar-refractivity contribution in [2.75, 3.05) is 7.11 Å². The number of benzene rings is 2. The molecule has 25 heavy (non-hydrogen) atoms. The number of carbonyl (C=O) groups excluding carboxylic acids is 1. The van der Waals surface area contributed by atoms with Gasteiger partial charge in [0.2, 0.25) is 5.91 Å². The molecule has 1 aromatic heterocycles. The van der Waals surface area contributed by atoms with Crippen LogP contribution in [0.15, 0.2) is 53.3 Å². The van der Waals surface area contributed by atoms with Gasteiger partial charge in [0.15, 0.2) is 0 Å². The minimum Gasteiger partial charge on any atom is -0.380 e. The Morgan fingerprint density at radius 3 is 2.48 bits per heavy atom. The lowest BCUT2D eigenvalue weighted by molar-refractivity contribution is -0.120. The number of hydrogen-bond acceptors (Lipinski definition) is 4. The van der Waals surface area contributed by atoms with Crippen molar-refractivity contribution in [1.82, 2.24) is 15.5 Å². The quantitative estimate of drug-likeness (QED) is 0.720. The molecule has 0 bridgehead atoms. The second kappa shape index (κ2) is 7.72. The normalized spacial score (nSPS) is 10.8. The maximum Gasteiger partial charge on any atom is 0.272 e. The molecule has 0 unspecified atom stereocenters. The van der Waals surface area contributed by atoms with Crippen LogP contribution in [0.1, 0.15) is 16.8 Å². The zero-order valence-corrected chi connectivity index (χ0v) is 13.9. The third-order valence-electron chi connectivity index (χ3n) is 3.93. The largest absolute Gasteiger partial charge is 0.380 e. The Kier molecular flexibility index (Phi) is 5.20. The van der Waals surface area contributed by atoms with Crippen LogP contribution in [0, 0.1) is 0 Å². The molecular weight excluding hydrogens is 318 g/mol. The van der Waals surface area contributed by atoms with E-state index < -0.39 is 0 Å². The number of fused-ring (bicyclic) bond motifs is 1. The highest BCUT2D eigenvalue weighted by molar-refractivity contribution is 5.88. The van der Waals surface area contributed by atoms with E-state index in [4.69, 9.17) is 4.74 Å². The fraction of sp³-hybridized carbons (Fsp3) is 0.211. The van der Waals surface area contributed by atoms with E-state index in [9.17, 15) is 9.59 Å². The number of aromatic nitrogens is 2. The SMILES string of the molecule is COCc1ccc(CNC(=O)Cc2n[nH]c(=O)c3ccccc23)cc1. The number of methoxy groups -OCH3 is 1. The van der Waals surface area contributed by atoms with Gasteiger partial charge in [-0.2, -0.15) is 5.10 Å². The van der Waals surface area contributed by atoms with Crippen molar-refractivity contribution in [3.63, 3.8) is 0 Å². The first kappa shape index (κ1) is 16.9. The van der Waals surface area contributed by atoms with E-state index >= 15 is 0 Å². The van der Waals surface area contributed by atoms with Gasteiger partial charge >= 0.3 is 0 Å². The lowest BCUT2D eigenvalue weighted by Gasteiger charge is -2.07. The second-order valence-electron chi connectivity index (χ2n) is 5.75. The van der Waals surface area contributed by atoms with E-state index in [1.54, 1.807) is 25.3 Å². The predicted molar refractivity (Wildman–Crippen MR) is 95.1 cm³/mol. The highest BCUT2D eigenvalue weighted by atomic mass is 16.5. The molecule has 0 saturated carbocycles. The van der Waals surface area contributed by atoms with E-state index in [2.05, 4.69) is 15.5 Å². The number of nitrogens with zero attached hydrogens (tertiary/aromatic N) is 1. The summed E-state index contributed by atoms with van der Waals surface area (Å²) in [6.45, 7) is 1.00. The van der Waals surface area contributed by atoms with Crippen LogP contribution in [0.4, 0.5) is 0 Å². The van der Waals surface area contributed by atoms with Gasteiger partial charge in [0.1, 0.15) is 0 Å². The number of rotatable bonds is 6. The molecule has 1 amide bonds. The highest BCUT2D eigenvalue weighted by Crippen LogP contribution is 2.13. The smallest absolute Gasteiger partial charge is 0.272 e. The summed E-state index contributed by atoms with van der Waals surface area (Å²) >= 11 is 0. The van der Waals surface area contributed by atoms with Gasteiger partial charge in [0.05, 0.1) is 24.1 Å². The van der Waals surface area contributed by atoms with Gasteiger partial charge in [-0.1, -0.05) is 42.5 Å². The number of nitrogens with one attached hydrogen (secondary N) is 2. The van der Waals surface area contributed by atoms with Crippen LogP contribution in [0.2, 0.25) is 0 Å². The molecule has 6 nitrogen and oxygen atoms in total. The zero-order chi connectivity index (χ0) is 17.6. The Bertz CT molecular complexity index is 933. The predicted octanol–water partition coefficient (Wildman–Crippen LogP) is 1.93. The molecule has 0 aliphatic rings. The van der Waals surface area contributed by atoms with Gasteiger partial charge < -0.3 is 10.1 Å². The number of carbonyl (C=O) groups is 1. The topological polar surface area (TPSA) is 84.1 Å². The molecule has 2 aromatic carbocycles. The molecule has 2 N–H and O–H groups in total. The first-order valence-corrected chi connectivity index (χ1v) is 7.97. The first-order valence-electron chi connectivity index (χ1n) is 7.97. The maximum absolute atomic E-state index is 12.2. The summed E-state index contributed by atoms with van der Waals surface area (Å²) in [5.74, 6) is -0.148. The van der Waals surface area contributed by atoms with Crippen molar-refractivity contribution in [2.24, 2.45) is 0 Å². The Morgan fingerprint density at radius 2 is 1.76 bits per heavy atom. The zero-order valence-electron chi connectivity index (χ0n) is 13.9. The summed E-state index contributed by atoms with van der Waals surface area (Å²) < 4.78 is 5.07. The van der Waals surface area contributed by atoms with Crippen LogP contribution in [0.25, 0.3) is 10.8 Å². The Balaban J connectivity index is 1.65. The molecular formula is C19H19N3O3. The van der Waals surface area contributed by atoms with Crippen molar-refractivity contribution < 1.29 is 9.53 Å². The minimum atomic E-state index is -0.254. The lowest BCUT2D eigenvalue weighted by atomic mass is 10.1. The van der Waals surface area contributed by atoms with Crippen molar-refractivity contribution in [3.05, 3.63) is 75.7 Å². The van der Waals surface area contributed by atoms with E-state index in [-0.39, 0.29) is 17.9 Å². The lowest BCUT2D eigenvalue weighted by Crippen LogP contribution is -2.25. The van der Waals surface area contributed by atoms with Gasteiger partial charge in [-0.3, -0.25) is 9.59 Å². The molecule has 6 heteroatoms. The average molecular weight is 337 g/mol. The fourth-order valence-corrected chi connectivity index (χ4v) is 2.64. The van der Waals surface area contributed by atoms with Crippen LogP contribution >= 0.6 is 0 Å². The van der Waals surface area contributed by atoms with Gasteiger partial charge in [-0.25, -0.2) is 5.10 Å². The molecule has 0 atom stereocenters. The third-order valence-corrected chi connectivity index (χ3v) is 3.93. The van der Waals surface area contributed by atoms with Crippen molar-refractivity contribution in [3.8, 4) is 0 Å². The van der Waals surface area contributed by atoms with Gasteiger partial charge in [0, 0.05) is 19.0 Å². The summed E-state index contributed by atoms with van der Waals surface area (Å²) in [5, 5.41) is 10.6. The van der Waals surface area contributed by atoms with Gasteiger partial charge in [-0.15, -0.1) is 0 Å². The fourth-order valence-electron chi connectivity index (χ4n) is 2.64. The standard InChI is InChI=1S/C19H19N3O3/c1-25-12-14-8-6-13(7-9-14)11-20-18(23)10-17-15-4-2-3-5-16(15)19(24)22-21-17/h2-9H,10-12H2,1H3,(H,20,23)(H,22,24). The maximum atomic E-state index is 12.2. The molecule has 0 aliphatic heterocycles. The van der Waals surface area contributed by atoms with Crippen LogP contribution in [0.3, 0.4) is 0 Å². The van der Waals surface area contributed by atoms with Crippen LogP contribution in [-0.4, -0.2) is 23.2 Å². The molecule has 0 radical (unpaired) electrons. The molecule has 1 heterocycles. The molecule has 0 spiro atoms. The summed E-state index contributed by atoms with van der Waals surface area (Å²) in [7, 11) is 1.66. The first-order chi connectivity index (χ1) is 12.2. The van der Waals surface area contributed by atoms with Crippen molar-refractivity contribution in [2.45, 2.75) is 19.6 Å². The van der Waals surface area contributed by atoms with Crippen LogP contribution in [0.5, 0.6) is 0 Å². The Labute approximate surface area is 144 Å². The van der Waals surface area contributed by atoms with Crippen molar-refractivity contribution in [1.29, 1.82) is 0 Å². The number of hydrogen-bond donors (Lipinski definition) is 2. The summed E-state index contributed by atoms with van der Waals surface area (Å²) in [6, 6.07) is 15.0. The summed E-state index contributed by atoms with van der Waals surface area (Å²) in [5.41, 5.74) is 2.40. The number of H-pyrrole nitrogens is 1. The number of amides is 1. The van der Waals surface area contributed by atoms with Crippen LogP contribution in [-0.2, 0) is 29.1 Å². The van der Waals surface area contributed by atoms with E-state index in [0.29, 0.717) is 29.6 Å². The minimum absolute atomic E-state index is 0.110. The second-order valence-corrected chi connectivity index (χ2v) is 5.75. The molecule has 3 aromatic rings.